The third kappa shape index (κ3) is 2.71. The van der Waals surface area contributed by atoms with E-state index in [0.717, 1.165) is 28.6 Å². The van der Waals surface area contributed by atoms with Gasteiger partial charge in [0.2, 0.25) is 0 Å². The Morgan fingerprint density at radius 2 is 1.90 bits per heavy atom. The van der Waals surface area contributed by atoms with E-state index in [-0.39, 0.29) is 0 Å². The monoisotopic (exact) mass is 326 g/mol. The van der Waals surface area contributed by atoms with Crippen molar-refractivity contribution in [1.29, 1.82) is 5.26 Å². The van der Waals surface area contributed by atoms with E-state index in [2.05, 4.69) is 51.6 Å². The molecule has 0 aromatic heterocycles. The Bertz CT molecular complexity index is 654. The smallest absolute Gasteiger partial charge is 0.101 e. The molecule has 1 aliphatic rings. The Labute approximate surface area is 127 Å². The average Bonchev–Trinajstić information content (AvgIpc) is 2.42. The highest BCUT2D eigenvalue weighted by Gasteiger charge is 2.30. The molecular weight excluding hydrogens is 312 g/mol. The number of benzene rings is 2. The summed E-state index contributed by atoms with van der Waals surface area (Å²) in [5, 5.41) is 12.6. The zero-order valence-corrected chi connectivity index (χ0v) is 12.6. The molecule has 2 aromatic rings. The lowest BCUT2D eigenvalue weighted by molar-refractivity contribution is 0.374. The van der Waals surface area contributed by atoms with Crippen molar-refractivity contribution in [1.82, 2.24) is 0 Å². The van der Waals surface area contributed by atoms with Gasteiger partial charge in [0.05, 0.1) is 11.3 Å². The minimum Gasteiger partial charge on any atom is -0.381 e. The highest BCUT2D eigenvalue weighted by Crippen LogP contribution is 2.39. The minimum absolute atomic E-state index is 0.466. The molecule has 0 aliphatic heterocycles. The van der Waals surface area contributed by atoms with Gasteiger partial charge in [0, 0.05) is 10.5 Å². The fourth-order valence-electron chi connectivity index (χ4n) is 2.69. The minimum atomic E-state index is 0.466. The molecule has 1 aliphatic carbocycles. The number of para-hydroxylation sites is 1. The normalized spacial score (nSPS) is 20.8. The molecule has 3 heteroatoms. The quantitative estimate of drug-likeness (QED) is 0.888. The van der Waals surface area contributed by atoms with Gasteiger partial charge < -0.3 is 5.32 Å². The second kappa shape index (κ2) is 5.68. The highest BCUT2D eigenvalue weighted by molar-refractivity contribution is 9.10. The Hall–Kier alpha value is -1.79. The molecule has 20 heavy (non-hydrogen) atoms. The lowest BCUT2D eigenvalue weighted by atomic mass is 9.76. The lowest BCUT2D eigenvalue weighted by Gasteiger charge is -2.37. The van der Waals surface area contributed by atoms with Crippen LogP contribution in [-0.4, -0.2) is 6.04 Å². The van der Waals surface area contributed by atoms with Gasteiger partial charge in [0.1, 0.15) is 6.07 Å². The molecule has 1 saturated carbocycles. The van der Waals surface area contributed by atoms with Crippen LogP contribution in [0.5, 0.6) is 0 Å². The Morgan fingerprint density at radius 1 is 1.10 bits per heavy atom. The van der Waals surface area contributed by atoms with E-state index in [1.807, 2.05) is 24.3 Å². The van der Waals surface area contributed by atoms with E-state index in [1.54, 1.807) is 0 Å². The van der Waals surface area contributed by atoms with Crippen LogP contribution < -0.4 is 5.32 Å². The summed E-state index contributed by atoms with van der Waals surface area (Å²) in [7, 11) is 0. The van der Waals surface area contributed by atoms with Gasteiger partial charge in [-0.3, -0.25) is 0 Å². The van der Waals surface area contributed by atoms with E-state index >= 15 is 0 Å². The number of nitrogens with one attached hydrogen (secondary N) is 1. The van der Waals surface area contributed by atoms with E-state index in [0.29, 0.717) is 12.0 Å². The third-order valence-electron chi connectivity index (χ3n) is 3.87. The van der Waals surface area contributed by atoms with E-state index in [9.17, 15) is 0 Å². The van der Waals surface area contributed by atoms with Crippen LogP contribution in [0.3, 0.4) is 0 Å². The molecule has 0 saturated heterocycles. The van der Waals surface area contributed by atoms with E-state index in [4.69, 9.17) is 5.26 Å². The molecule has 0 radical (unpaired) electrons. The molecule has 0 atom stereocenters. The molecule has 1 N–H and O–H groups in total. The first-order valence-electron chi connectivity index (χ1n) is 6.77. The molecule has 1 fully saturated rings. The van der Waals surface area contributed by atoms with Crippen LogP contribution in [0.2, 0.25) is 0 Å². The van der Waals surface area contributed by atoms with Gasteiger partial charge >= 0.3 is 0 Å². The summed E-state index contributed by atoms with van der Waals surface area (Å²) in [5.41, 5.74) is 3.07. The molecule has 0 spiro atoms. The van der Waals surface area contributed by atoms with Crippen molar-refractivity contribution in [2.45, 2.75) is 24.8 Å². The van der Waals surface area contributed by atoms with Gasteiger partial charge in [-0.15, -0.1) is 0 Å². The fraction of sp³-hybridized carbons (Fsp3) is 0.235. The topological polar surface area (TPSA) is 35.8 Å². The number of anilines is 1. The number of hydrogen-bond acceptors (Lipinski definition) is 2. The largest absolute Gasteiger partial charge is 0.381 e. The molecule has 0 amide bonds. The van der Waals surface area contributed by atoms with Gasteiger partial charge in [0.15, 0.2) is 0 Å². The van der Waals surface area contributed by atoms with E-state index in [1.165, 1.54) is 5.56 Å². The van der Waals surface area contributed by atoms with Crippen molar-refractivity contribution < 1.29 is 0 Å². The van der Waals surface area contributed by atoms with Crippen LogP contribution in [0.4, 0.5) is 5.69 Å². The van der Waals surface area contributed by atoms with Crippen LogP contribution >= 0.6 is 15.9 Å². The summed E-state index contributed by atoms with van der Waals surface area (Å²) in [6.07, 6.45) is 2.24. The number of rotatable bonds is 3. The van der Waals surface area contributed by atoms with Gasteiger partial charge in [0.25, 0.3) is 0 Å². The predicted molar refractivity (Wildman–Crippen MR) is 84.7 cm³/mol. The molecule has 2 aromatic carbocycles. The Morgan fingerprint density at radius 3 is 2.65 bits per heavy atom. The molecule has 100 valence electrons. The van der Waals surface area contributed by atoms with Crippen molar-refractivity contribution in [3.8, 4) is 6.07 Å². The zero-order valence-electron chi connectivity index (χ0n) is 11.0. The summed E-state index contributed by atoms with van der Waals surface area (Å²) in [6.45, 7) is 0. The van der Waals surface area contributed by atoms with Crippen molar-refractivity contribution in [2.75, 3.05) is 5.32 Å². The van der Waals surface area contributed by atoms with Gasteiger partial charge in [-0.1, -0.05) is 40.2 Å². The number of nitrogens with zero attached hydrogens (tertiary/aromatic N) is 1. The number of halogens is 1. The average molecular weight is 327 g/mol. The van der Waals surface area contributed by atoms with Crippen molar-refractivity contribution >= 4 is 21.6 Å². The molecular formula is C17H15BrN2. The summed E-state index contributed by atoms with van der Waals surface area (Å²) in [6, 6.07) is 18.9. The summed E-state index contributed by atoms with van der Waals surface area (Å²) < 4.78 is 1.14. The maximum atomic E-state index is 9.09. The van der Waals surface area contributed by atoms with Gasteiger partial charge in [-0.2, -0.15) is 5.26 Å². The zero-order chi connectivity index (χ0) is 13.9. The van der Waals surface area contributed by atoms with Crippen molar-refractivity contribution in [2.24, 2.45) is 0 Å². The first-order chi connectivity index (χ1) is 9.76. The standard InChI is InChI=1S/C17H15BrN2/c18-15-6-3-5-12(8-15)14-9-16(10-14)20-17-7-2-1-4-13(17)11-19/h1-8,14,16,20H,9-10H2. The van der Waals surface area contributed by atoms with Crippen LogP contribution in [0.1, 0.15) is 29.9 Å². The predicted octanol–water partition coefficient (Wildman–Crippen LogP) is 4.68. The van der Waals surface area contributed by atoms with Crippen LogP contribution in [-0.2, 0) is 0 Å². The highest BCUT2D eigenvalue weighted by atomic mass is 79.9. The summed E-state index contributed by atoms with van der Waals surface area (Å²) in [5.74, 6) is 0.624. The van der Waals surface area contributed by atoms with Crippen LogP contribution in [0.15, 0.2) is 53.0 Å². The maximum Gasteiger partial charge on any atom is 0.101 e. The summed E-state index contributed by atoms with van der Waals surface area (Å²) in [4.78, 5) is 0. The molecule has 0 bridgehead atoms. The first kappa shape index (κ1) is 13.2. The van der Waals surface area contributed by atoms with Crippen molar-refractivity contribution in [3.05, 3.63) is 64.1 Å². The Kier molecular flexibility index (Phi) is 3.75. The summed E-state index contributed by atoms with van der Waals surface area (Å²) >= 11 is 3.52. The van der Waals surface area contributed by atoms with Gasteiger partial charge in [-0.25, -0.2) is 0 Å². The molecule has 0 heterocycles. The number of nitriles is 1. The van der Waals surface area contributed by atoms with E-state index < -0.39 is 0 Å². The van der Waals surface area contributed by atoms with Crippen LogP contribution in [0.25, 0.3) is 0 Å². The first-order valence-corrected chi connectivity index (χ1v) is 7.56. The van der Waals surface area contributed by atoms with Crippen LogP contribution in [0, 0.1) is 11.3 Å². The SMILES string of the molecule is N#Cc1ccccc1NC1CC(c2cccc(Br)c2)C1. The number of hydrogen-bond donors (Lipinski definition) is 1. The molecule has 2 nitrogen and oxygen atoms in total. The van der Waals surface area contributed by atoms with Gasteiger partial charge in [-0.05, 0) is 48.6 Å². The lowest BCUT2D eigenvalue weighted by Crippen LogP contribution is -2.34. The second-order valence-corrected chi connectivity index (χ2v) is 6.14. The third-order valence-corrected chi connectivity index (χ3v) is 4.36. The Balaban J connectivity index is 1.63. The second-order valence-electron chi connectivity index (χ2n) is 5.22. The van der Waals surface area contributed by atoms with Crippen molar-refractivity contribution in [3.63, 3.8) is 0 Å². The molecule has 0 unspecified atom stereocenters. The maximum absolute atomic E-state index is 9.09. The fourth-order valence-corrected chi connectivity index (χ4v) is 3.11. The molecule has 3 rings (SSSR count).